The van der Waals surface area contributed by atoms with Gasteiger partial charge in [0.15, 0.2) is 9.84 Å². The number of ketones is 1. The SMILES string of the molecule is COCN(c1cc(Cl)cnc1C(=O)C1=CC=CCC1S(C)(=O)=O)S(=O)(=O)c1ccc(Cl)c(C(F)(F)F)c1. The van der Waals surface area contributed by atoms with Gasteiger partial charge in [0.25, 0.3) is 10.0 Å². The van der Waals surface area contributed by atoms with Crippen LogP contribution in [0.25, 0.3) is 0 Å². The van der Waals surface area contributed by atoms with Gasteiger partial charge in [-0.05, 0) is 30.7 Å². The summed E-state index contributed by atoms with van der Waals surface area (Å²) in [4.78, 5) is 16.6. The number of anilines is 1. The molecule has 37 heavy (non-hydrogen) atoms. The molecule has 0 saturated carbocycles. The third kappa shape index (κ3) is 6.17. The third-order valence-corrected chi connectivity index (χ3v) is 9.03. The number of benzene rings is 1. The summed E-state index contributed by atoms with van der Waals surface area (Å²) in [7, 11) is -7.43. The molecule has 0 spiro atoms. The molecule has 0 amide bonds. The highest BCUT2D eigenvalue weighted by Gasteiger charge is 2.38. The number of carbonyl (C=O) groups excluding carboxylic acids is 1. The molecule has 0 bridgehead atoms. The van der Waals surface area contributed by atoms with Crippen LogP contribution in [0.15, 0.2) is 59.2 Å². The minimum absolute atomic E-state index is 0.00437. The molecule has 1 aliphatic carbocycles. The van der Waals surface area contributed by atoms with Gasteiger partial charge in [0.05, 0.1) is 31.4 Å². The molecule has 0 saturated heterocycles. The first-order valence-corrected chi connectivity index (χ1v) is 14.4. The summed E-state index contributed by atoms with van der Waals surface area (Å²) in [5.41, 5.74) is -2.47. The smallest absolute Gasteiger partial charge is 0.363 e. The number of Topliss-reactive ketones (excluding diaryl/α,β-unsaturated/α-hetero) is 1. The largest absolute Gasteiger partial charge is 0.417 e. The molecule has 0 N–H and O–H groups in total. The lowest BCUT2D eigenvalue weighted by Gasteiger charge is -2.26. The van der Waals surface area contributed by atoms with E-state index in [9.17, 15) is 34.8 Å². The van der Waals surface area contributed by atoms with Crippen molar-refractivity contribution in [3.05, 3.63) is 75.6 Å². The third-order valence-electron chi connectivity index (χ3n) is 5.28. The molecule has 1 atom stereocenters. The first-order valence-electron chi connectivity index (χ1n) is 10.2. The van der Waals surface area contributed by atoms with E-state index in [1.807, 2.05) is 0 Å². The van der Waals surface area contributed by atoms with Gasteiger partial charge in [0, 0.05) is 25.1 Å². The van der Waals surface area contributed by atoms with E-state index >= 15 is 0 Å². The van der Waals surface area contributed by atoms with Crippen molar-refractivity contribution in [1.29, 1.82) is 0 Å². The van der Waals surface area contributed by atoms with Gasteiger partial charge in [-0.15, -0.1) is 0 Å². The molecule has 8 nitrogen and oxygen atoms in total. The molecule has 1 aromatic carbocycles. The number of carbonyl (C=O) groups is 1. The molecule has 0 fully saturated rings. The van der Waals surface area contributed by atoms with Crippen LogP contribution >= 0.6 is 23.2 Å². The van der Waals surface area contributed by atoms with E-state index in [0.29, 0.717) is 10.4 Å². The minimum Gasteiger partial charge on any atom is -0.363 e. The second-order valence-electron chi connectivity index (χ2n) is 7.87. The number of rotatable bonds is 8. The Morgan fingerprint density at radius 2 is 1.86 bits per heavy atom. The van der Waals surface area contributed by atoms with Gasteiger partial charge in [-0.3, -0.25) is 4.79 Å². The maximum atomic E-state index is 13.5. The van der Waals surface area contributed by atoms with Crippen LogP contribution < -0.4 is 4.31 Å². The summed E-state index contributed by atoms with van der Waals surface area (Å²) >= 11 is 11.7. The molecule has 200 valence electrons. The summed E-state index contributed by atoms with van der Waals surface area (Å²) in [5.74, 6) is -0.908. The molecule has 1 aromatic heterocycles. The van der Waals surface area contributed by atoms with Gasteiger partial charge in [-0.1, -0.05) is 41.4 Å². The number of halogens is 5. The van der Waals surface area contributed by atoms with Crippen LogP contribution in [0.4, 0.5) is 18.9 Å². The molecule has 15 heteroatoms. The molecular formula is C22H19Cl2F3N2O6S2. The van der Waals surface area contributed by atoms with Crippen molar-refractivity contribution in [2.45, 2.75) is 22.7 Å². The number of hydrogen-bond donors (Lipinski definition) is 0. The van der Waals surface area contributed by atoms with Crippen LogP contribution in [0.3, 0.4) is 0 Å². The lowest BCUT2D eigenvalue weighted by molar-refractivity contribution is -0.137. The fraction of sp³-hybridized carbons (Fsp3) is 0.273. The Labute approximate surface area is 221 Å². The van der Waals surface area contributed by atoms with Crippen molar-refractivity contribution < 1.29 is 39.5 Å². The van der Waals surface area contributed by atoms with Crippen molar-refractivity contribution in [3.63, 3.8) is 0 Å². The Hall–Kier alpha value is -2.45. The Morgan fingerprint density at radius 1 is 1.19 bits per heavy atom. The quantitative estimate of drug-likeness (QED) is 0.320. The normalized spacial score (nSPS) is 16.4. The van der Waals surface area contributed by atoms with Crippen LogP contribution in [0, 0.1) is 0 Å². The van der Waals surface area contributed by atoms with Crippen LogP contribution in [0.5, 0.6) is 0 Å². The zero-order valence-corrected chi connectivity index (χ0v) is 22.3. The minimum atomic E-state index is -4.95. The van der Waals surface area contributed by atoms with Gasteiger partial charge in [-0.25, -0.2) is 26.1 Å². The molecular weight excluding hydrogens is 580 g/mol. The number of alkyl halides is 3. The van der Waals surface area contributed by atoms with Crippen molar-refractivity contribution in [3.8, 4) is 0 Å². The second kappa shape index (κ2) is 10.7. The highest BCUT2D eigenvalue weighted by Crippen LogP contribution is 2.38. The van der Waals surface area contributed by atoms with E-state index in [-0.39, 0.29) is 17.0 Å². The number of sulfonamides is 1. The van der Waals surface area contributed by atoms with Crippen LogP contribution in [0.1, 0.15) is 22.5 Å². The van der Waals surface area contributed by atoms with Crippen molar-refractivity contribution >= 4 is 54.5 Å². The van der Waals surface area contributed by atoms with E-state index < -0.39 is 70.7 Å². The zero-order valence-electron chi connectivity index (χ0n) is 19.2. The van der Waals surface area contributed by atoms with Crippen LogP contribution in [0.2, 0.25) is 10.0 Å². The Morgan fingerprint density at radius 3 is 2.46 bits per heavy atom. The number of allylic oxidation sites excluding steroid dienone is 3. The number of sulfone groups is 1. The number of pyridine rings is 1. The average Bonchev–Trinajstić information content (AvgIpc) is 2.80. The van der Waals surface area contributed by atoms with E-state index in [2.05, 4.69) is 4.98 Å². The van der Waals surface area contributed by atoms with E-state index in [1.54, 1.807) is 6.08 Å². The summed E-state index contributed by atoms with van der Waals surface area (Å²) in [5, 5.41) is -2.03. The molecule has 1 heterocycles. The summed E-state index contributed by atoms with van der Waals surface area (Å²) in [6.07, 6.45) is 1.37. The molecule has 1 aliphatic rings. The zero-order chi connectivity index (χ0) is 27.8. The molecule has 2 aromatic rings. The molecule has 3 rings (SSSR count). The lowest BCUT2D eigenvalue weighted by Crippen LogP contribution is -2.35. The average molecular weight is 599 g/mol. The monoisotopic (exact) mass is 598 g/mol. The molecule has 1 unspecified atom stereocenters. The second-order valence-corrected chi connectivity index (χ2v) is 12.8. The highest BCUT2D eigenvalue weighted by molar-refractivity contribution is 7.93. The van der Waals surface area contributed by atoms with E-state index in [0.717, 1.165) is 37.8 Å². The van der Waals surface area contributed by atoms with Crippen molar-refractivity contribution in [2.24, 2.45) is 0 Å². The standard InChI is InChI=1S/C22H19Cl2F3N2O6S2/c1-35-12-29(37(33,34)14-7-8-17(24)16(10-14)22(25,26)27)18-9-13(23)11-28-20(18)21(30)15-5-3-4-6-19(15)36(2,31)32/h3-5,7-11,19H,6,12H2,1-2H3. The topological polar surface area (TPSA) is 111 Å². The van der Waals surface area contributed by atoms with Gasteiger partial charge < -0.3 is 4.74 Å². The highest BCUT2D eigenvalue weighted by atomic mass is 35.5. The number of ether oxygens (including phenoxy) is 1. The van der Waals surface area contributed by atoms with Gasteiger partial charge in [0.1, 0.15) is 12.4 Å². The number of hydrogen-bond acceptors (Lipinski definition) is 7. The maximum absolute atomic E-state index is 13.5. The van der Waals surface area contributed by atoms with Crippen molar-refractivity contribution in [2.75, 3.05) is 24.4 Å². The maximum Gasteiger partial charge on any atom is 0.417 e. The summed E-state index contributed by atoms with van der Waals surface area (Å²) in [6.45, 7) is -0.747. The summed E-state index contributed by atoms with van der Waals surface area (Å²) < 4.78 is 97.3. The first-order chi connectivity index (χ1) is 17.1. The Kier molecular flexibility index (Phi) is 8.44. The lowest BCUT2D eigenvalue weighted by atomic mass is 9.97. The van der Waals surface area contributed by atoms with E-state index in [1.165, 1.54) is 12.2 Å². The fourth-order valence-corrected chi connectivity index (χ4v) is 6.45. The van der Waals surface area contributed by atoms with Gasteiger partial charge in [0.2, 0.25) is 5.78 Å². The number of aromatic nitrogens is 1. The Balaban J connectivity index is 2.21. The predicted octanol–water partition coefficient (Wildman–Crippen LogP) is 4.69. The van der Waals surface area contributed by atoms with Gasteiger partial charge in [-0.2, -0.15) is 13.2 Å². The first kappa shape index (κ1) is 29.1. The number of nitrogens with zero attached hydrogens (tertiary/aromatic N) is 2. The molecule has 0 aliphatic heterocycles. The molecule has 0 radical (unpaired) electrons. The number of methoxy groups -OCH3 is 1. The van der Waals surface area contributed by atoms with Crippen molar-refractivity contribution in [1.82, 2.24) is 4.98 Å². The predicted molar refractivity (Wildman–Crippen MR) is 132 cm³/mol. The van der Waals surface area contributed by atoms with Crippen LogP contribution in [-0.2, 0) is 30.8 Å². The van der Waals surface area contributed by atoms with Gasteiger partial charge >= 0.3 is 6.18 Å². The van der Waals surface area contributed by atoms with E-state index in [4.69, 9.17) is 27.9 Å². The Bertz CT molecular complexity index is 1510. The fourth-order valence-electron chi connectivity index (χ4n) is 3.56. The van der Waals surface area contributed by atoms with Crippen LogP contribution in [-0.4, -0.2) is 52.9 Å². The summed E-state index contributed by atoms with van der Waals surface area (Å²) in [6, 6.07) is 3.06.